The topological polar surface area (TPSA) is 52.6 Å². The van der Waals surface area contributed by atoms with E-state index in [4.69, 9.17) is 0 Å². The number of amides is 1. The average molecular weight is 314 g/mol. The lowest BCUT2D eigenvalue weighted by Gasteiger charge is -2.35. The lowest BCUT2D eigenvalue weighted by molar-refractivity contribution is -0.119. The molecule has 0 spiro atoms. The number of allylic oxidation sites excluding steroid dienone is 1. The maximum atomic E-state index is 12.2. The van der Waals surface area contributed by atoms with Crippen LogP contribution < -0.4 is 5.32 Å². The Balaban J connectivity index is 1.93. The summed E-state index contributed by atoms with van der Waals surface area (Å²) in [7, 11) is 0. The fourth-order valence-electron chi connectivity index (χ4n) is 2.44. The molecule has 0 aliphatic carbocycles. The molecule has 124 valence electrons. The number of nitrogens with zero attached hydrogens (tertiary/aromatic N) is 1. The zero-order valence-corrected chi connectivity index (χ0v) is 14.3. The van der Waals surface area contributed by atoms with E-state index in [0.717, 1.165) is 23.4 Å². The van der Waals surface area contributed by atoms with Crippen molar-refractivity contribution < 1.29 is 9.90 Å². The standard InChI is InChI=1S/C19H26N2O2/c1-14(22)16-7-5-6-15(12-16)13-18(23)20-17-8-10-21(11-9-17)19(2,3)4/h5-10,12,14,22H,11,13H2,1-4H3,(H,20,23). The van der Waals surface area contributed by atoms with Gasteiger partial charge in [-0.3, -0.25) is 4.79 Å². The second-order valence-corrected chi connectivity index (χ2v) is 6.94. The summed E-state index contributed by atoms with van der Waals surface area (Å²) in [5, 5.41) is 12.5. The van der Waals surface area contributed by atoms with Crippen molar-refractivity contribution in [3.8, 4) is 0 Å². The van der Waals surface area contributed by atoms with Crippen molar-refractivity contribution >= 4 is 5.91 Å². The number of hydrogen-bond acceptors (Lipinski definition) is 3. The molecule has 0 saturated heterocycles. The van der Waals surface area contributed by atoms with Crippen LogP contribution in [0.2, 0.25) is 0 Å². The molecule has 1 aliphatic rings. The molecule has 0 bridgehead atoms. The summed E-state index contributed by atoms with van der Waals surface area (Å²) in [6, 6.07) is 7.50. The van der Waals surface area contributed by atoms with E-state index in [0.29, 0.717) is 6.42 Å². The Hall–Kier alpha value is -2.07. The van der Waals surface area contributed by atoms with Gasteiger partial charge in [0.2, 0.25) is 5.91 Å². The number of carbonyl (C=O) groups is 1. The summed E-state index contributed by atoms with van der Waals surface area (Å²) in [4.78, 5) is 14.4. The normalized spacial score (nSPS) is 16.0. The Morgan fingerprint density at radius 1 is 1.39 bits per heavy atom. The molecule has 1 unspecified atom stereocenters. The van der Waals surface area contributed by atoms with Crippen LogP contribution in [0.25, 0.3) is 0 Å². The van der Waals surface area contributed by atoms with E-state index in [-0.39, 0.29) is 11.4 Å². The van der Waals surface area contributed by atoms with Gasteiger partial charge in [-0.1, -0.05) is 24.3 Å². The SMILES string of the molecule is CC(O)c1cccc(CC(=O)NC2=CCN(C(C)(C)C)C=C2)c1. The molecular formula is C19H26N2O2. The summed E-state index contributed by atoms with van der Waals surface area (Å²) < 4.78 is 0. The van der Waals surface area contributed by atoms with E-state index < -0.39 is 6.10 Å². The molecular weight excluding hydrogens is 288 g/mol. The molecule has 0 fully saturated rings. The van der Waals surface area contributed by atoms with Gasteiger partial charge in [0.15, 0.2) is 0 Å². The Labute approximate surface area is 138 Å². The van der Waals surface area contributed by atoms with E-state index in [1.807, 2.05) is 42.6 Å². The number of benzene rings is 1. The highest BCUT2D eigenvalue weighted by molar-refractivity contribution is 5.80. The maximum absolute atomic E-state index is 12.2. The van der Waals surface area contributed by atoms with Crippen molar-refractivity contribution in [3.63, 3.8) is 0 Å². The highest BCUT2D eigenvalue weighted by atomic mass is 16.3. The van der Waals surface area contributed by atoms with Crippen LogP contribution in [0.4, 0.5) is 0 Å². The number of nitrogens with one attached hydrogen (secondary N) is 1. The molecule has 1 amide bonds. The van der Waals surface area contributed by atoms with Crippen molar-refractivity contribution in [2.45, 2.75) is 45.8 Å². The van der Waals surface area contributed by atoms with Gasteiger partial charge in [-0.05, 0) is 51.0 Å². The van der Waals surface area contributed by atoms with Crippen LogP contribution in [0, 0.1) is 0 Å². The molecule has 4 nitrogen and oxygen atoms in total. The van der Waals surface area contributed by atoms with Crippen LogP contribution in [0.15, 0.2) is 48.3 Å². The molecule has 23 heavy (non-hydrogen) atoms. The fraction of sp³-hybridized carbons (Fsp3) is 0.421. The van der Waals surface area contributed by atoms with E-state index in [1.165, 1.54) is 0 Å². The Kier molecular flexibility index (Phi) is 5.26. The molecule has 0 radical (unpaired) electrons. The first-order valence-electron chi connectivity index (χ1n) is 7.97. The zero-order chi connectivity index (χ0) is 17.0. The molecule has 1 aliphatic heterocycles. The Morgan fingerprint density at radius 2 is 2.13 bits per heavy atom. The van der Waals surface area contributed by atoms with Crippen molar-refractivity contribution in [2.75, 3.05) is 6.54 Å². The summed E-state index contributed by atoms with van der Waals surface area (Å²) in [5.41, 5.74) is 2.64. The van der Waals surface area contributed by atoms with Crippen molar-refractivity contribution in [2.24, 2.45) is 0 Å². The lowest BCUT2D eigenvalue weighted by Crippen LogP contribution is -2.39. The number of aliphatic hydroxyl groups is 1. The smallest absolute Gasteiger partial charge is 0.228 e. The average Bonchev–Trinajstić information content (AvgIpc) is 2.47. The first kappa shape index (κ1) is 17.3. The van der Waals surface area contributed by atoms with Gasteiger partial charge in [-0.25, -0.2) is 0 Å². The maximum Gasteiger partial charge on any atom is 0.228 e. The van der Waals surface area contributed by atoms with Gasteiger partial charge >= 0.3 is 0 Å². The molecule has 4 heteroatoms. The van der Waals surface area contributed by atoms with Crippen LogP contribution >= 0.6 is 0 Å². The summed E-state index contributed by atoms with van der Waals surface area (Å²) in [6.45, 7) is 8.97. The first-order chi connectivity index (χ1) is 10.8. The van der Waals surface area contributed by atoms with Gasteiger partial charge in [-0.15, -0.1) is 0 Å². The third-order valence-electron chi connectivity index (χ3n) is 3.89. The van der Waals surface area contributed by atoms with Crippen LogP contribution in [0.5, 0.6) is 0 Å². The summed E-state index contributed by atoms with van der Waals surface area (Å²) in [5.74, 6) is -0.0483. The predicted molar refractivity (Wildman–Crippen MR) is 92.6 cm³/mol. The van der Waals surface area contributed by atoms with Crippen molar-refractivity contribution in [1.82, 2.24) is 10.2 Å². The minimum Gasteiger partial charge on any atom is -0.389 e. The van der Waals surface area contributed by atoms with E-state index in [2.05, 4.69) is 31.0 Å². The summed E-state index contributed by atoms with van der Waals surface area (Å²) in [6.07, 6.45) is 5.75. The zero-order valence-electron chi connectivity index (χ0n) is 14.3. The Morgan fingerprint density at radius 3 is 2.70 bits per heavy atom. The molecule has 0 saturated carbocycles. The van der Waals surface area contributed by atoms with Crippen LogP contribution in [0.3, 0.4) is 0 Å². The van der Waals surface area contributed by atoms with E-state index >= 15 is 0 Å². The molecule has 2 N–H and O–H groups in total. The molecule has 1 atom stereocenters. The van der Waals surface area contributed by atoms with Crippen LogP contribution in [-0.4, -0.2) is 28.0 Å². The molecule has 1 aromatic rings. The van der Waals surface area contributed by atoms with Crippen molar-refractivity contribution in [1.29, 1.82) is 0 Å². The van der Waals surface area contributed by atoms with Gasteiger partial charge in [-0.2, -0.15) is 0 Å². The van der Waals surface area contributed by atoms with Gasteiger partial charge < -0.3 is 15.3 Å². The van der Waals surface area contributed by atoms with Gasteiger partial charge in [0, 0.05) is 24.0 Å². The van der Waals surface area contributed by atoms with Crippen molar-refractivity contribution in [3.05, 3.63) is 59.4 Å². The monoisotopic (exact) mass is 314 g/mol. The van der Waals surface area contributed by atoms with E-state index in [9.17, 15) is 9.90 Å². The van der Waals surface area contributed by atoms with Gasteiger partial charge in [0.05, 0.1) is 12.5 Å². The highest BCUT2D eigenvalue weighted by Gasteiger charge is 2.19. The second kappa shape index (κ2) is 7.01. The minimum absolute atomic E-state index is 0.0483. The highest BCUT2D eigenvalue weighted by Crippen LogP contribution is 2.18. The number of rotatable bonds is 4. The minimum atomic E-state index is -0.523. The van der Waals surface area contributed by atoms with Crippen LogP contribution in [0.1, 0.15) is 44.9 Å². The third-order valence-corrected chi connectivity index (χ3v) is 3.89. The second-order valence-electron chi connectivity index (χ2n) is 6.94. The molecule has 2 rings (SSSR count). The number of carbonyl (C=O) groups excluding carboxylic acids is 1. The molecule has 1 heterocycles. The Bertz CT molecular complexity index is 625. The van der Waals surface area contributed by atoms with E-state index in [1.54, 1.807) is 6.92 Å². The largest absolute Gasteiger partial charge is 0.389 e. The quantitative estimate of drug-likeness (QED) is 0.898. The fourth-order valence-corrected chi connectivity index (χ4v) is 2.44. The third kappa shape index (κ3) is 4.96. The summed E-state index contributed by atoms with van der Waals surface area (Å²) >= 11 is 0. The first-order valence-corrected chi connectivity index (χ1v) is 7.97. The van der Waals surface area contributed by atoms with Gasteiger partial charge in [0.25, 0.3) is 0 Å². The molecule has 1 aromatic carbocycles. The number of hydrogen-bond donors (Lipinski definition) is 2. The van der Waals surface area contributed by atoms with Gasteiger partial charge in [0.1, 0.15) is 0 Å². The number of aliphatic hydroxyl groups excluding tert-OH is 1. The lowest BCUT2D eigenvalue weighted by atomic mass is 10.0. The molecule has 0 aromatic heterocycles. The van der Waals surface area contributed by atoms with Crippen LogP contribution in [-0.2, 0) is 11.2 Å². The predicted octanol–water partition coefficient (Wildman–Crippen LogP) is 2.91.